The van der Waals surface area contributed by atoms with E-state index in [9.17, 15) is 4.79 Å². The highest BCUT2D eigenvalue weighted by molar-refractivity contribution is 7.14. The van der Waals surface area contributed by atoms with Crippen LogP contribution >= 0.6 is 11.3 Å². The van der Waals surface area contributed by atoms with E-state index in [0.717, 1.165) is 23.7 Å². The van der Waals surface area contributed by atoms with Crippen molar-refractivity contribution in [3.63, 3.8) is 0 Å². The van der Waals surface area contributed by atoms with Gasteiger partial charge in [0, 0.05) is 18.0 Å². The number of aryl methyl sites for hydroxylation is 1. The average Bonchev–Trinajstić information content (AvgIpc) is 3.10. The maximum Gasteiger partial charge on any atom is 0.266 e. The van der Waals surface area contributed by atoms with Gasteiger partial charge in [-0.3, -0.25) is 4.79 Å². The molecular formula is C15H17N3OS. The summed E-state index contributed by atoms with van der Waals surface area (Å²) in [5.41, 5.74) is 1.13. The molecule has 1 amide bonds. The van der Waals surface area contributed by atoms with E-state index in [2.05, 4.69) is 15.2 Å². The molecule has 3 heterocycles. The number of carbonyl (C=O) groups excluding carboxylic acids is 1. The topological polar surface area (TPSA) is 45.2 Å². The number of thiophene rings is 1. The molecule has 0 unspecified atom stereocenters. The molecule has 5 heteroatoms. The van der Waals surface area contributed by atoms with Gasteiger partial charge in [0.2, 0.25) is 0 Å². The van der Waals surface area contributed by atoms with Crippen LogP contribution in [-0.4, -0.2) is 24.0 Å². The normalized spacial score (nSPS) is 14.6. The molecule has 1 N–H and O–H groups in total. The average molecular weight is 287 g/mol. The third-order valence-corrected chi connectivity index (χ3v) is 4.42. The molecule has 1 aliphatic heterocycles. The molecule has 1 aliphatic rings. The van der Waals surface area contributed by atoms with E-state index in [0.29, 0.717) is 10.7 Å². The quantitative estimate of drug-likeness (QED) is 0.942. The molecule has 0 atom stereocenters. The minimum Gasteiger partial charge on any atom is -0.370 e. The van der Waals surface area contributed by atoms with Crippen LogP contribution in [-0.2, 0) is 0 Å². The Morgan fingerprint density at radius 3 is 2.65 bits per heavy atom. The number of amides is 1. The van der Waals surface area contributed by atoms with Gasteiger partial charge in [-0.1, -0.05) is 0 Å². The fourth-order valence-electron chi connectivity index (χ4n) is 2.36. The fraction of sp³-hybridized carbons (Fsp3) is 0.333. The minimum absolute atomic E-state index is 0.0930. The summed E-state index contributed by atoms with van der Waals surface area (Å²) in [5.74, 6) is 0.508. The highest BCUT2D eigenvalue weighted by Gasteiger charge is 2.13. The van der Waals surface area contributed by atoms with Crippen molar-refractivity contribution in [2.24, 2.45) is 0 Å². The lowest BCUT2D eigenvalue weighted by Gasteiger charge is -2.17. The number of anilines is 2. The zero-order valence-corrected chi connectivity index (χ0v) is 12.2. The van der Waals surface area contributed by atoms with Gasteiger partial charge in [-0.05, 0) is 44.0 Å². The molecule has 2 aromatic heterocycles. The fourth-order valence-corrected chi connectivity index (χ4v) is 3.12. The van der Waals surface area contributed by atoms with Crippen LogP contribution in [0.5, 0.6) is 0 Å². The largest absolute Gasteiger partial charge is 0.370 e. The summed E-state index contributed by atoms with van der Waals surface area (Å²) in [7, 11) is 0. The molecule has 1 fully saturated rings. The predicted molar refractivity (Wildman–Crippen MR) is 82.7 cm³/mol. The second kappa shape index (κ2) is 5.63. The Hall–Kier alpha value is -1.88. The van der Waals surface area contributed by atoms with Crippen molar-refractivity contribution < 1.29 is 4.79 Å². The number of hydrogen-bond donors (Lipinski definition) is 1. The van der Waals surface area contributed by atoms with Crippen molar-refractivity contribution in [3.05, 3.63) is 40.2 Å². The second-order valence-corrected chi connectivity index (χ2v) is 6.25. The van der Waals surface area contributed by atoms with Crippen molar-refractivity contribution >= 4 is 28.7 Å². The van der Waals surface area contributed by atoms with Crippen molar-refractivity contribution in [2.75, 3.05) is 23.3 Å². The Labute approximate surface area is 122 Å². The van der Waals surface area contributed by atoms with Crippen LogP contribution in [0.2, 0.25) is 0 Å². The van der Waals surface area contributed by atoms with Gasteiger partial charge in [0.25, 0.3) is 5.91 Å². The van der Waals surface area contributed by atoms with Gasteiger partial charge in [-0.15, -0.1) is 11.3 Å². The third-order valence-electron chi connectivity index (χ3n) is 3.42. The highest BCUT2D eigenvalue weighted by Crippen LogP contribution is 2.21. The third kappa shape index (κ3) is 2.82. The number of hydrogen-bond acceptors (Lipinski definition) is 4. The summed E-state index contributed by atoms with van der Waals surface area (Å²) in [6.45, 7) is 4.19. The maximum absolute atomic E-state index is 12.0. The first-order valence-electron chi connectivity index (χ1n) is 6.81. The van der Waals surface area contributed by atoms with Crippen molar-refractivity contribution in [3.8, 4) is 0 Å². The van der Waals surface area contributed by atoms with Gasteiger partial charge >= 0.3 is 0 Å². The van der Waals surface area contributed by atoms with E-state index >= 15 is 0 Å². The number of pyridine rings is 1. The van der Waals surface area contributed by atoms with E-state index in [-0.39, 0.29) is 5.91 Å². The molecule has 0 radical (unpaired) electrons. The molecule has 3 rings (SSSR count). The summed E-state index contributed by atoms with van der Waals surface area (Å²) >= 11 is 1.49. The standard InChI is InChI=1S/C15H17N3OS/c1-11-4-6-13(20-11)15(19)17-14-7-5-12(10-16-14)18-8-2-3-9-18/h4-7,10H,2-3,8-9H2,1H3,(H,16,17,19). The van der Waals surface area contributed by atoms with E-state index in [4.69, 9.17) is 0 Å². The van der Waals surface area contributed by atoms with Gasteiger partial charge in [0.05, 0.1) is 16.8 Å². The Kier molecular flexibility index (Phi) is 3.69. The molecular weight excluding hydrogens is 270 g/mol. The predicted octanol–water partition coefficient (Wildman–Crippen LogP) is 3.30. The molecule has 0 saturated carbocycles. The molecule has 20 heavy (non-hydrogen) atoms. The summed E-state index contributed by atoms with van der Waals surface area (Å²) < 4.78 is 0. The van der Waals surface area contributed by atoms with Crippen LogP contribution in [0.25, 0.3) is 0 Å². The van der Waals surface area contributed by atoms with Gasteiger partial charge in [0.1, 0.15) is 5.82 Å². The van der Waals surface area contributed by atoms with Crippen LogP contribution in [0, 0.1) is 6.92 Å². The summed E-state index contributed by atoms with van der Waals surface area (Å²) in [4.78, 5) is 20.5. The second-order valence-electron chi connectivity index (χ2n) is 4.96. The zero-order chi connectivity index (χ0) is 13.9. The minimum atomic E-state index is -0.0930. The monoisotopic (exact) mass is 287 g/mol. The highest BCUT2D eigenvalue weighted by atomic mass is 32.1. The number of nitrogens with zero attached hydrogens (tertiary/aromatic N) is 2. The lowest BCUT2D eigenvalue weighted by molar-refractivity contribution is 0.103. The van der Waals surface area contributed by atoms with Crippen LogP contribution in [0.15, 0.2) is 30.5 Å². The summed E-state index contributed by atoms with van der Waals surface area (Å²) in [6.07, 6.45) is 4.33. The van der Waals surface area contributed by atoms with E-state index < -0.39 is 0 Å². The van der Waals surface area contributed by atoms with Crippen molar-refractivity contribution in [1.29, 1.82) is 0 Å². The maximum atomic E-state index is 12.0. The van der Waals surface area contributed by atoms with Crippen molar-refractivity contribution in [2.45, 2.75) is 19.8 Å². The van der Waals surface area contributed by atoms with Gasteiger partial charge < -0.3 is 10.2 Å². The first-order chi connectivity index (χ1) is 9.72. The smallest absolute Gasteiger partial charge is 0.266 e. The van der Waals surface area contributed by atoms with Gasteiger partial charge in [-0.25, -0.2) is 4.98 Å². The van der Waals surface area contributed by atoms with Crippen LogP contribution in [0.1, 0.15) is 27.4 Å². The summed E-state index contributed by atoms with van der Waals surface area (Å²) in [6, 6.07) is 7.68. The van der Waals surface area contributed by atoms with Crippen LogP contribution in [0.4, 0.5) is 11.5 Å². The number of rotatable bonds is 3. The molecule has 4 nitrogen and oxygen atoms in total. The Balaban J connectivity index is 1.67. The van der Waals surface area contributed by atoms with E-state index in [1.165, 1.54) is 24.2 Å². The number of aromatic nitrogens is 1. The first-order valence-corrected chi connectivity index (χ1v) is 7.63. The molecule has 0 aliphatic carbocycles. The van der Waals surface area contributed by atoms with Crippen LogP contribution in [0.3, 0.4) is 0 Å². The van der Waals surface area contributed by atoms with Gasteiger partial charge in [-0.2, -0.15) is 0 Å². The molecule has 0 bridgehead atoms. The Morgan fingerprint density at radius 2 is 2.05 bits per heavy atom. The van der Waals surface area contributed by atoms with Crippen molar-refractivity contribution in [1.82, 2.24) is 4.98 Å². The van der Waals surface area contributed by atoms with E-state index in [1.54, 1.807) is 0 Å². The lowest BCUT2D eigenvalue weighted by Crippen LogP contribution is -2.18. The van der Waals surface area contributed by atoms with Crippen LogP contribution < -0.4 is 10.2 Å². The molecule has 104 valence electrons. The number of carbonyl (C=O) groups is 1. The lowest BCUT2D eigenvalue weighted by atomic mass is 10.3. The van der Waals surface area contributed by atoms with Gasteiger partial charge in [0.15, 0.2) is 0 Å². The molecule has 1 saturated heterocycles. The Morgan fingerprint density at radius 1 is 1.25 bits per heavy atom. The van der Waals surface area contributed by atoms with E-state index in [1.807, 2.05) is 37.4 Å². The SMILES string of the molecule is Cc1ccc(C(=O)Nc2ccc(N3CCCC3)cn2)s1. The molecule has 0 aromatic carbocycles. The molecule has 2 aromatic rings. The summed E-state index contributed by atoms with van der Waals surface area (Å²) in [5, 5.41) is 2.83. The number of nitrogens with one attached hydrogen (secondary N) is 1. The first kappa shape index (κ1) is 13.1. The zero-order valence-electron chi connectivity index (χ0n) is 11.4. The molecule has 0 spiro atoms. The Bertz CT molecular complexity index is 600.